The van der Waals surface area contributed by atoms with Crippen LogP contribution in [-0.2, 0) is 4.74 Å². The van der Waals surface area contributed by atoms with Gasteiger partial charge < -0.3 is 4.74 Å². The highest BCUT2D eigenvalue weighted by atomic mass is 16.5. The first-order valence-corrected chi connectivity index (χ1v) is 4.10. The number of hydrogen-bond acceptors (Lipinski definition) is 1. The molecule has 2 saturated heterocycles. The number of rotatable bonds is 0. The van der Waals surface area contributed by atoms with E-state index in [0.29, 0.717) is 6.10 Å². The van der Waals surface area contributed by atoms with Crippen molar-refractivity contribution in [2.24, 2.45) is 11.8 Å². The van der Waals surface area contributed by atoms with Gasteiger partial charge in [-0.2, -0.15) is 0 Å². The van der Waals surface area contributed by atoms with Gasteiger partial charge in [0.2, 0.25) is 0 Å². The molecule has 0 N–H and O–H groups in total. The van der Waals surface area contributed by atoms with E-state index in [0.717, 1.165) is 17.9 Å². The Morgan fingerprint density at radius 2 is 2.22 bits per heavy atom. The van der Waals surface area contributed by atoms with Crippen molar-refractivity contribution in [3.05, 3.63) is 0 Å². The Balaban J connectivity index is 1.95. The van der Waals surface area contributed by atoms with E-state index in [2.05, 4.69) is 0 Å². The second-order valence-corrected chi connectivity index (χ2v) is 3.73. The summed E-state index contributed by atoms with van der Waals surface area (Å²) in [7, 11) is 0. The maximum Gasteiger partial charge on any atom is 0.0661 e. The highest BCUT2D eigenvalue weighted by molar-refractivity contribution is 5.03. The molecule has 2 heterocycles. The fraction of sp³-hybridized carbons (Fsp3) is 1.00. The summed E-state index contributed by atoms with van der Waals surface area (Å²) in [5.41, 5.74) is 0. The molecule has 0 radical (unpaired) electrons. The van der Waals surface area contributed by atoms with Crippen LogP contribution in [0.3, 0.4) is 0 Å². The minimum absolute atomic E-state index is 0.711. The second kappa shape index (κ2) is 1.34. The molecule has 0 spiro atoms. The SMILES string of the molecule is C1CC2CC3OC2C3C1. The minimum Gasteiger partial charge on any atom is -0.374 e. The van der Waals surface area contributed by atoms with E-state index in [1.165, 1.54) is 25.7 Å². The van der Waals surface area contributed by atoms with E-state index >= 15 is 0 Å². The van der Waals surface area contributed by atoms with E-state index in [1.807, 2.05) is 0 Å². The summed E-state index contributed by atoms with van der Waals surface area (Å²) in [5.74, 6) is 1.98. The van der Waals surface area contributed by atoms with E-state index in [4.69, 9.17) is 4.74 Å². The predicted molar refractivity (Wildman–Crippen MR) is 34.1 cm³/mol. The number of ether oxygens (including phenoxy) is 1. The van der Waals surface area contributed by atoms with Crippen LogP contribution in [0.4, 0.5) is 0 Å². The summed E-state index contributed by atoms with van der Waals surface area (Å²) in [6, 6.07) is 0. The Labute approximate surface area is 55.4 Å². The Morgan fingerprint density at radius 1 is 1.22 bits per heavy atom. The lowest BCUT2D eigenvalue weighted by atomic mass is 9.83. The van der Waals surface area contributed by atoms with Crippen molar-refractivity contribution in [1.82, 2.24) is 0 Å². The van der Waals surface area contributed by atoms with Crippen LogP contribution in [0.1, 0.15) is 25.7 Å². The first-order chi connectivity index (χ1) is 4.45. The lowest BCUT2D eigenvalue weighted by molar-refractivity contribution is -0.151. The normalized spacial score (nSPS) is 61.3. The molecule has 50 valence electrons. The third-order valence-corrected chi connectivity index (χ3v) is 3.34. The highest BCUT2D eigenvalue weighted by Gasteiger charge is 2.55. The van der Waals surface area contributed by atoms with Crippen molar-refractivity contribution in [2.75, 3.05) is 0 Å². The molecular weight excluding hydrogens is 112 g/mol. The molecule has 0 aromatic carbocycles. The molecule has 1 heteroatoms. The molecular formula is C8H12O. The van der Waals surface area contributed by atoms with Crippen LogP contribution in [0.5, 0.6) is 0 Å². The lowest BCUT2D eigenvalue weighted by Gasteiger charge is -2.40. The van der Waals surface area contributed by atoms with Crippen LogP contribution in [0.25, 0.3) is 0 Å². The molecule has 2 aliphatic carbocycles. The first kappa shape index (κ1) is 4.73. The van der Waals surface area contributed by atoms with Crippen molar-refractivity contribution >= 4 is 0 Å². The van der Waals surface area contributed by atoms with Crippen molar-refractivity contribution < 1.29 is 4.74 Å². The molecule has 4 rings (SSSR count). The molecule has 4 bridgehead atoms. The zero-order chi connectivity index (χ0) is 5.84. The van der Waals surface area contributed by atoms with E-state index < -0.39 is 0 Å². The molecule has 9 heavy (non-hydrogen) atoms. The van der Waals surface area contributed by atoms with Gasteiger partial charge in [-0.25, -0.2) is 0 Å². The van der Waals surface area contributed by atoms with Crippen molar-refractivity contribution in [1.29, 1.82) is 0 Å². The zero-order valence-electron chi connectivity index (χ0n) is 5.55. The van der Waals surface area contributed by atoms with Crippen LogP contribution >= 0.6 is 0 Å². The molecule has 4 unspecified atom stereocenters. The van der Waals surface area contributed by atoms with Gasteiger partial charge in [0.05, 0.1) is 12.2 Å². The lowest BCUT2D eigenvalue weighted by Crippen LogP contribution is -2.43. The molecule has 0 amide bonds. The van der Waals surface area contributed by atoms with Crippen molar-refractivity contribution in [2.45, 2.75) is 37.9 Å². The van der Waals surface area contributed by atoms with E-state index in [1.54, 1.807) is 0 Å². The van der Waals surface area contributed by atoms with Gasteiger partial charge in [0.25, 0.3) is 0 Å². The standard InChI is InChI=1S/C8H12O/c1-2-5-4-7-6(3-1)8(5)9-7/h5-8H,1-4H2. The summed E-state index contributed by atoms with van der Waals surface area (Å²) in [4.78, 5) is 0. The monoisotopic (exact) mass is 124 g/mol. The van der Waals surface area contributed by atoms with Gasteiger partial charge in [-0.05, 0) is 25.2 Å². The Bertz CT molecular complexity index is 138. The van der Waals surface area contributed by atoms with Gasteiger partial charge in [0, 0.05) is 5.92 Å². The Hall–Kier alpha value is -0.0400. The average molecular weight is 124 g/mol. The van der Waals surface area contributed by atoms with Gasteiger partial charge in [0.15, 0.2) is 0 Å². The fourth-order valence-electron chi connectivity index (χ4n) is 2.90. The maximum absolute atomic E-state index is 5.62. The average Bonchev–Trinajstić information content (AvgIpc) is 2.30. The molecule has 4 fully saturated rings. The van der Waals surface area contributed by atoms with Crippen molar-refractivity contribution in [3.8, 4) is 0 Å². The van der Waals surface area contributed by atoms with Crippen LogP contribution < -0.4 is 0 Å². The predicted octanol–water partition coefficient (Wildman–Crippen LogP) is 1.57. The van der Waals surface area contributed by atoms with E-state index in [9.17, 15) is 0 Å². The molecule has 2 saturated carbocycles. The summed E-state index contributed by atoms with van der Waals surface area (Å²) in [6.07, 6.45) is 7.23. The van der Waals surface area contributed by atoms with Gasteiger partial charge in [-0.1, -0.05) is 6.42 Å². The maximum atomic E-state index is 5.62. The Morgan fingerprint density at radius 3 is 3.00 bits per heavy atom. The van der Waals surface area contributed by atoms with Gasteiger partial charge in [-0.3, -0.25) is 0 Å². The van der Waals surface area contributed by atoms with Gasteiger partial charge in [-0.15, -0.1) is 0 Å². The van der Waals surface area contributed by atoms with E-state index in [-0.39, 0.29) is 0 Å². The largest absolute Gasteiger partial charge is 0.374 e. The zero-order valence-corrected chi connectivity index (χ0v) is 5.55. The Kier molecular flexibility index (Phi) is 0.704. The van der Waals surface area contributed by atoms with Gasteiger partial charge >= 0.3 is 0 Å². The highest BCUT2D eigenvalue weighted by Crippen LogP contribution is 2.53. The van der Waals surface area contributed by atoms with Crippen LogP contribution in [0, 0.1) is 11.8 Å². The van der Waals surface area contributed by atoms with Crippen LogP contribution in [0.2, 0.25) is 0 Å². The molecule has 0 aromatic rings. The quantitative estimate of drug-likeness (QED) is 0.476. The molecule has 1 nitrogen and oxygen atoms in total. The van der Waals surface area contributed by atoms with Gasteiger partial charge in [0.1, 0.15) is 0 Å². The molecule has 0 aromatic heterocycles. The third kappa shape index (κ3) is 0.420. The summed E-state index contributed by atoms with van der Waals surface area (Å²) >= 11 is 0. The summed E-state index contributed by atoms with van der Waals surface area (Å²) in [6.45, 7) is 0. The fourth-order valence-corrected chi connectivity index (χ4v) is 2.90. The molecule has 4 atom stereocenters. The smallest absolute Gasteiger partial charge is 0.0661 e. The topological polar surface area (TPSA) is 9.23 Å². The first-order valence-electron chi connectivity index (χ1n) is 4.10. The summed E-state index contributed by atoms with van der Waals surface area (Å²) in [5, 5.41) is 0. The summed E-state index contributed by atoms with van der Waals surface area (Å²) < 4.78 is 5.62. The minimum atomic E-state index is 0.711. The van der Waals surface area contributed by atoms with Crippen LogP contribution in [-0.4, -0.2) is 12.2 Å². The number of hydrogen-bond donors (Lipinski definition) is 0. The molecule has 2 aliphatic heterocycles. The van der Waals surface area contributed by atoms with Crippen molar-refractivity contribution in [3.63, 3.8) is 0 Å². The second-order valence-electron chi connectivity index (χ2n) is 3.73. The molecule has 4 aliphatic rings. The van der Waals surface area contributed by atoms with Crippen LogP contribution in [0.15, 0.2) is 0 Å². The third-order valence-electron chi connectivity index (χ3n) is 3.34.